The van der Waals surface area contributed by atoms with Crippen LogP contribution < -0.4 is 15.8 Å². The van der Waals surface area contributed by atoms with Crippen LogP contribution in [0.15, 0.2) is 29.0 Å². The molecule has 32 heavy (non-hydrogen) atoms. The molecule has 0 bridgehead atoms. The summed E-state index contributed by atoms with van der Waals surface area (Å²) >= 11 is 3.50. The van der Waals surface area contributed by atoms with Crippen molar-refractivity contribution in [2.45, 2.75) is 59.2 Å². The fourth-order valence-electron chi connectivity index (χ4n) is 2.92. The summed E-state index contributed by atoms with van der Waals surface area (Å²) < 4.78 is 13.4. The maximum absolute atomic E-state index is 11.8. The third-order valence-electron chi connectivity index (χ3n) is 4.48. The number of nitrogens with one attached hydrogen (secondary N) is 1. The van der Waals surface area contributed by atoms with Crippen LogP contribution in [-0.2, 0) is 17.8 Å². The number of carbonyl (C=O) groups is 1. The van der Waals surface area contributed by atoms with Crippen molar-refractivity contribution in [2.75, 3.05) is 12.3 Å². The first kappa shape index (κ1) is 23.8. The lowest BCUT2D eigenvalue weighted by atomic mass is 10.1. The number of alkyl carbamates (subject to hydrolysis) is 1. The quantitative estimate of drug-likeness (QED) is 0.344. The number of nitrogens with zero attached hydrogens (tertiary/aromatic N) is 4. The molecule has 0 saturated heterocycles. The van der Waals surface area contributed by atoms with Gasteiger partial charge in [-0.15, -0.1) is 0 Å². The lowest BCUT2D eigenvalue weighted by Crippen LogP contribution is -2.32. The van der Waals surface area contributed by atoms with Crippen molar-refractivity contribution in [3.8, 4) is 6.01 Å². The first-order valence-electron chi connectivity index (χ1n) is 10.5. The van der Waals surface area contributed by atoms with Crippen LogP contribution in [0.4, 0.5) is 10.6 Å². The number of aromatic nitrogens is 4. The molecule has 172 valence electrons. The van der Waals surface area contributed by atoms with E-state index in [9.17, 15) is 4.79 Å². The number of ether oxygens (including phenoxy) is 2. The molecule has 3 N–H and O–H groups in total. The van der Waals surface area contributed by atoms with Crippen LogP contribution in [0.1, 0.15) is 51.7 Å². The van der Waals surface area contributed by atoms with Gasteiger partial charge in [0.25, 0.3) is 0 Å². The minimum Gasteiger partial charge on any atom is -0.463 e. The number of anilines is 1. The molecule has 0 unspecified atom stereocenters. The van der Waals surface area contributed by atoms with Crippen LogP contribution in [0, 0.1) is 0 Å². The molecule has 2 heterocycles. The Morgan fingerprint density at radius 3 is 2.50 bits per heavy atom. The van der Waals surface area contributed by atoms with Gasteiger partial charge in [-0.25, -0.2) is 9.78 Å². The Hall–Kier alpha value is -2.88. The van der Waals surface area contributed by atoms with Crippen LogP contribution in [-0.4, -0.2) is 37.8 Å². The van der Waals surface area contributed by atoms with Crippen LogP contribution in [0.5, 0.6) is 6.01 Å². The van der Waals surface area contributed by atoms with Gasteiger partial charge in [-0.2, -0.15) is 9.97 Å². The van der Waals surface area contributed by atoms with Gasteiger partial charge in [-0.05, 0) is 54.2 Å². The van der Waals surface area contributed by atoms with Crippen molar-refractivity contribution in [2.24, 2.45) is 0 Å². The van der Waals surface area contributed by atoms with E-state index in [-0.39, 0.29) is 11.8 Å². The number of amides is 1. The second-order valence-corrected chi connectivity index (χ2v) is 9.11. The van der Waals surface area contributed by atoms with E-state index >= 15 is 0 Å². The molecule has 3 rings (SSSR count). The Kier molecular flexibility index (Phi) is 7.55. The number of benzene rings is 1. The third-order valence-corrected chi connectivity index (χ3v) is 5.09. The molecule has 1 amide bonds. The smallest absolute Gasteiger partial charge is 0.407 e. The fraction of sp³-hybridized carbons (Fsp3) is 0.455. The number of rotatable bonds is 8. The molecule has 0 radical (unpaired) electrons. The number of imidazole rings is 1. The molecule has 0 saturated carbocycles. The monoisotopic (exact) mass is 504 g/mol. The van der Waals surface area contributed by atoms with E-state index in [2.05, 4.69) is 43.1 Å². The summed E-state index contributed by atoms with van der Waals surface area (Å²) in [5.74, 6) is 0.282. The normalized spacial score (nSPS) is 11.5. The van der Waals surface area contributed by atoms with Gasteiger partial charge >= 0.3 is 12.1 Å². The van der Waals surface area contributed by atoms with Crippen LogP contribution >= 0.6 is 15.9 Å². The molecule has 0 fully saturated rings. The van der Waals surface area contributed by atoms with E-state index < -0.39 is 11.7 Å². The number of hydrogen-bond donors (Lipinski definition) is 2. The zero-order chi connectivity index (χ0) is 23.3. The summed E-state index contributed by atoms with van der Waals surface area (Å²) in [6, 6.07) is 8.16. The Morgan fingerprint density at radius 2 is 1.84 bits per heavy atom. The van der Waals surface area contributed by atoms with Crippen LogP contribution in [0.3, 0.4) is 0 Å². The highest BCUT2D eigenvalue weighted by atomic mass is 79.9. The molecule has 0 aliphatic rings. The van der Waals surface area contributed by atoms with E-state index in [1.54, 1.807) is 0 Å². The van der Waals surface area contributed by atoms with E-state index in [0.29, 0.717) is 35.6 Å². The maximum Gasteiger partial charge on any atom is 0.407 e. The number of unbranched alkanes of at least 4 members (excludes halogenated alkanes) is 1. The summed E-state index contributed by atoms with van der Waals surface area (Å²) in [5, 5.41) is 2.76. The van der Waals surface area contributed by atoms with E-state index in [1.807, 2.05) is 49.6 Å². The molecule has 0 spiro atoms. The molecule has 9 nitrogen and oxygen atoms in total. The topological polar surface area (TPSA) is 117 Å². The van der Waals surface area contributed by atoms with Gasteiger partial charge in [0.2, 0.25) is 0 Å². The molecule has 3 aromatic rings. The molecule has 0 atom stereocenters. The van der Waals surface area contributed by atoms with E-state index in [4.69, 9.17) is 15.2 Å². The summed E-state index contributed by atoms with van der Waals surface area (Å²) in [6.07, 6.45) is 1.49. The summed E-state index contributed by atoms with van der Waals surface area (Å²) in [5.41, 5.74) is 8.69. The van der Waals surface area contributed by atoms with Crippen molar-refractivity contribution >= 4 is 39.0 Å². The minimum atomic E-state index is -0.525. The number of carbonyl (C=O) groups excluding carboxylic acids is 1. The van der Waals surface area contributed by atoms with Gasteiger partial charge in [0.15, 0.2) is 21.7 Å². The molecule has 10 heteroatoms. The Balaban J connectivity index is 1.71. The maximum atomic E-state index is 11.8. The van der Waals surface area contributed by atoms with Gasteiger partial charge in [0.1, 0.15) is 5.60 Å². The van der Waals surface area contributed by atoms with Gasteiger partial charge < -0.3 is 20.5 Å². The van der Waals surface area contributed by atoms with Crippen LogP contribution in [0.2, 0.25) is 0 Å². The molecular weight excluding hydrogens is 476 g/mol. The second kappa shape index (κ2) is 10.2. The zero-order valence-electron chi connectivity index (χ0n) is 18.8. The second-order valence-electron chi connectivity index (χ2n) is 8.40. The van der Waals surface area contributed by atoms with Crippen molar-refractivity contribution in [1.29, 1.82) is 0 Å². The van der Waals surface area contributed by atoms with Gasteiger partial charge in [-0.3, -0.25) is 4.57 Å². The summed E-state index contributed by atoms with van der Waals surface area (Å²) in [4.78, 5) is 25.0. The molecule has 2 aromatic heterocycles. The predicted molar refractivity (Wildman–Crippen MR) is 126 cm³/mol. The average molecular weight is 505 g/mol. The number of halogens is 1. The number of nitrogens with two attached hydrogens (primary N) is 1. The summed E-state index contributed by atoms with van der Waals surface area (Å²) in [7, 11) is 0. The molecule has 0 aliphatic heterocycles. The third kappa shape index (κ3) is 6.32. The van der Waals surface area contributed by atoms with Gasteiger partial charge in [0.05, 0.1) is 13.2 Å². The lowest BCUT2D eigenvalue weighted by molar-refractivity contribution is 0.0523. The minimum absolute atomic E-state index is 0.251. The predicted octanol–water partition coefficient (Wildman–Crippen LogP) is 4.42. The van der Waals surface area contributed by atoms with Crippen molar-refractivity contribution < 1.29 is 14.3 Å². The lowest BCUT2D eigenvalue weighted by Gasteiger charge is -2.19. The molecule has 0 aliphatic carbocycles. The van der Waals surface area contributed by atoms with Crippen molar-refractivity contribution in [3.05, 3.63) is 40.1 Å². The number of fused-ring (bicyclic) bond motifs is 1. The SMILES string of the molecule is CCCCOc1nc(N)c2nc(Br)n(Cc3ccc(CNC(=O)OC(C)(C)C)cc3)c2n1. The van der Waals surface area contributed by atoms with Gasteiger partial charge in [-0.1, -0.05) is 37.6 Å². The highest BCUT2D eigenvalue weighted by Crippen LogP contribution is 2.25. The van der Waals surface area contributed by atoms with Gasteiger partial charge in [0, 0.05) is 6.54 Å². The fourth-order valence-corrected chi connectivity index (χ4v) is 3.39. The van der Waals surface area contributed by atoms with E-state index in [1.165, 1.54) is 0 Å². The highest BCUT2D eigenvalue weighted by Gasteiger charge is 2.17. The first-order chi connectivity index (χ1) is 15.2. The first-order valence-corrected chi connectivity index (χ1v) is 11.3. The van der Waals surface area contributed by atoms with Crippen molar-refractivity contribution in [3.63, 3.8) is 0 Å². The van der Waals surface area contributed by atoms with Crippen LogP contribution in [0.25, 0.3) is 11.2 Å². The molecular formula is C22H29BrN6O3. The highest BCUT2D eigenvalue weighted by molar-refractivity contribution is 9.10. The standard InChI is InChI=1S/C22H29BrN6O3/c1-5-6-11-31-20-27-17(24)16-18(28-20)29(19(23)26-16)13-15-9-7-14(8-10-15)12-25-21(30)32-22(2,3)4/h7-10H,5-6,11-13H2,1-4H3,(H,25,30)(H2,24,27,28). The Bertz CT molecular complexity index is 1080. The Labute approximate surface area is 195 Å². The van der Waals surface area contributed by atoms with Crippen molar-refractivity contribution in [1.82, 2.24) is 24.8 Å². The largest absolute Gasteiger partial charge is 0.463 e. The Morgan fingerprint density at radius 1 is 1.16 bits per heavy atom. The van der Waals surface area contributed by atoms with E-state index in [0.717, 1.165) is 24.0 Å². The number of nitrogen functional groups attached to an aromatic ring is 1. The average Bonchev–Trinajstić information content (AvgIpc) is 3.02. The number of hydrogen-bond acceptors (Lipinski definition) is 7. The zero-order valence-corrected chi connectivity index (χ0v) is 20.4. The summed E-state index contributed by atoms with van der Waals surface area (Å²) in [6.45, 7) is 9.04. The molecule has 1 aromatic carbocycles.